The molecule has 3 rings (SSSR count). The van der Waals surface area contributed by atoms with Crippen molar-refractivity contribution in [3.05, 3.63) is 50.1 Å². The SMILES string of the molecule is Clc1cc(Cl)cc(NC2CCCc3sccc32)c1. The van der Waals surface area contributed by atoms with E-state index in [0.717, 1.165) is 12.1 Å². The fourth-order valence-corrected chi connectivity index (χ4v) is 3.99. The Balaban J connectivity index is 1.86. The van der Waals surface area contributed by atoms with Gasteiger partial charge in [-0.3, -0.25) is 0 Å². The third kappa shape index (κ3) is 2.51. The van der Waals surface area contributed by atoms with Gasteiger partial charge in [-0.1, -0.05) is 23.2 Å². The molecular weight excluding hydrogens is 285 g/mol. The molecule has 1 aliphatic carbocycles. The Kier molecular flexibility index (Phi) is 3.51. The Labute approximate surface area is 121 Å². The van der Waals surface area contributed by atoms with Crippen molar-refractivity contribution in [1.29, 1.82) is 0 Å². The lowest BCUT2D eigenvalue weighted by Gasteiger charge is -2.25. The molecule has 1 aromatic carbocycles. The first kappa shape index (κ1) is 12.3. The van der Waals surface area contributed by atoms with Crippen LogP contribution in [0.1, 0.15) is 29.3 Å². The van der Waals surface area contributed by atoms with Crippen LogP contribution in [0.3, 0.4) is 0 Å². The van der Waals surface area contributed by atoms with E-state index < -0.39 is 0 Å². The molecule has 0 saturated heterocycles. The smallest absolute Gasteiger partial charge is 0.0524 e. The summed E-state index contributed by atoms with van der Waals surface area (Å²) in [6, 6.07) is 8.21. The van der Waals surface area contributed by atoms with Crippen molar-refractivity contribution in [2.45, 2.75) is 25.3 Å². The van der Waals surface area contributed by atoms with E-state index in [0.29, 0.717) is 16.1 Å². The Morgan fingerprint density at radius 1 is 1.17 bits per heavy atom. The first-order valence-electron chi connectivity index (χ1n) is 6.01. The zero-order valence-electron chi connectivity index (χ0n) is 9.75. The lowest BCUT2D eigenvalue weighted by molar-refractivity contribution is 0.609. The van der Waals surface area contributed by atoms with Crippen molar-refractivity contribution in [3.63, 3.8) is 0 Å². The summed E-state index contributed by atoms with van der Waals surface area (Å²) in [6.45, 7) is 0. The largest absolute Gasteiger partial charge is 0.378 e. The summed E-state index contributed by atoms with van der Waals surface area (Å²) in [7, 11) is 0. The summed E-state index contributed by atoms with van der Waals surface area (Å²) >= 11 is 13.9. The minimum atomic E-state index is 0.384. The summed E-state index contributed by atoms with van der Waals surface area (Å²) in [5, 5.41) is 7.06. The van der Waals surface area contributed by atoms with Gasteiger partial charge in [0.2, 0.25) is 0 Å². The van der Waals surface area contributed by atoms with Gasteiger partial charge in [-0.05, 0) is 54.5 Å². The molecule has 4 heteroatoms. The number of hydrogen-bond donors (Lipinski definition) is 1. The van der Waals surface area contributed by atoms with Crippen LogP contribution in [0.4, 0.5) is 5.69 Å². The molecule has 94 valence electrons. The van der Waals surface area contributed by atoms with Crippen LogP contribution in [0, 0.1) is 0 Å². The zero-order chi connectivity index (χ0) is 12.5. The number of anilines is 1. The molecule has 2 aromatic rings. The second-order valence-corrected chi connectivity index (χ2v) is 6.42. The summed E-state index contributed by atoms with van der Waals surface area (Å²) < 4.78 is 0. The highest BCUT2D eigenvalue weighted by Gasteiger charge is 2.21. The second-order valence-electron chi connectivity index (χ2n) is 4.55. The molecule has 0 spiro atoms. The van der Waals surface area contributed by atoms with Crippen LogP contribution < -0.4 is 5.32 Å². The average molecular weight is 298 g/mol. The van der Waals surface area contributed by atoms with Crippen LogP contribution in [-0.2, 0) is 6.42 Å². The van der Waals surface area contributed by atoms with Gasteiger partial charge in [-0.15, -0.1) is 11.3 Å². The Morgan fingerprint density at radius 2 is 1.94 bits per heavy atom. The van der Waals surface area contributed by atoms with Gasteiger partial charge < -0.3 is 5.32 Å². The van der Waals surface area contributed by atoms with Gasteiger partial charge in [0.25, 0.3) is 0 Å². The lowest BCUT2D eigenvalue weighted by Crippen LogP contribution is -2.15. The molecule has 1 unspecified atom stereocenters. The summed E-state index contributed by atoms with van der Waals surface area (Å²) in [5.41, 5.74) is 2.43. The number of benzene rings is 1. The van der Waals surface area contributed by atoms with E-state index in [4.69, 9.17) is 23.2 Å². The van der Waals surface area contributed by atoms with Gasteiger partial charge >= 0.3 is 0 Å². The molecule has 1 aromatic heterocycles. The Hall–Kier alpha value is -0.700. The van der Waals surface area contributed by atoms with E-state index >= 15 is 0 Å². The van der Waals surface area contributed by atoms with Crippen LogP contribution in [0.25, 0.3) is 0 Å². The highest BCUT2D eigenvalue weighted by Crippen LogP contribution is 2.36. The van der Waals surface area contributed by atoms with Crippen LogP contribution in [0.2, 0.25) is 10.0 Å². The van der Waals surface area contributed by atoms with E-state index in [9.17, 15) is 0 Å². The van der Waals surface area contributed by atoms with Gasteiger partial charge in [0, 0.05) is 20.6 Å². The fraction of sp³-hybridized carbons (Fsp3) is 0.286. The predicted molar refractivity (Wildman–Crippen MR) is 80.1 cm³/mol. The monoisotopic (exact) mass is 297 g/mol. The summed E-state index contributed by atoms with van der Waals surface area (Å²) in [6.07, 6.45) is 3.61. The van der Waals surface area contributed by atoms with Crippen molar-refractivity contribution in [1.82, 2.24) is 0 Å². The summed E-state index contributed by atoms with van der Waals surface area (Å²) in [4.78, 5) is 1.51. The minimum Gasteiger partial charge on any atom is -0.378 e. The highest BCUT2D eigenvalue weighted by molar-refractivity contribution is 7.10. The molecule has 0 fully saturated rings. The van der Waals surface area contributed by atoms with E-state index in [2.05, 4.69) is 16.8 Å². The van der Waals surface area contributed by atoms with Crippen molar-refractivity contribution in [2.75, 3.05) is 5.32 Å². The maximum absolute atomic E-state index is 6.02. The zero-order valence-corrected chi connectivity index (χ0v) is 12.1. The van der Waals surface area contributed by atoms with Crippen molar-refractivity contribution in [3.8, 4) is 0 Å². The average Bonchev–Trinajstić information content (AvgIpc) is 2.76. The number of fused-ring (bicyclic) bond motifs is 1. The van der Waals surface area contributed by atoms with Gasteiger partial charge in [0.1, 0.15) is 0 Å². The lowest BCUT2D eigenvalue weighted by atomic mass is 9.94. The van der Waals surface area contributed by atoms with Crippen LogP contribution >= 0.6 is 34.5 Å². The standard InChI is InChI=1S/C14H13Cl2NS/c15-9-6-10(16)8-11(7-9)17-13-2-1-3-14-12(13)4-5-18-14/h4-8,13,17H,1-3H2. The number of nitrogens with one attached hydrogen (secondary N) is 1. The van der Waals surface area contributed by atoms with Crippen molar-refractivity contribution in [2.24, 2.45) is 0 Å². The van der Waals surface area contributed by atoms with Crippen molar-refractivity contribution >= 4 is 40.2 Å². The quantitative estimate of drug-likeness (QED) is 0.767. The maximum atomic E-state index is 6.02. The minimum absolute atomic E-state index is 0.384. The third-order valence-electron chi connectivity index (χ3n) is 3.26. The molecule has 0 bridgehead atoms. The van der Waals surface area contributed by atoms with E-state index in [1.165, 1.54) is 23.3 Å². The molecule has 0 radical (unpaired) electrons. The number of halogens is 2. The van der Waals surface area contributed by atoms with Gasteiger partial charge in [0.05, 0.1) is 6.04 Å². The van der Waals surface area contributed by atoms with Gasteiger partial charge in [-0.25, -0.2) is 0 Å². The fourth-order valence-electron chi connectivity index (χ4n) is 2.47. The summed E-state index contributed by atoms with van der Waals surface area (Å²) in [5.74, 6) is 0. The van der Waals surface area contributed by atoms with Crippen LogP contribution in [-0.4, -0.2) is 0 Å². The molecule has 1 aliphatic rings. The van der Waals surface area contributed by atoms with Gasteiger partial charge in [-0.2, -0.15) is 0 Å². The van der Waals surface area contributed by atoms with Crippen LogP contribution in [0.5, 0.6) is 0 Å². The molecule has 0 saturated carbocycles. The topological polar surface area (TPSA) is 12.0 Å². The van der Waals surface area contributed by atoms with Gasteiger partial charge in [0.15, 0.2) is 0 Å². The van der Waals surface area contributed by atoms with E-state index in [1.54, 1.807) is 6.07 Å². The van der Waals surface area contributed by atoms with E-state index in [-0.39, 0.29) is 0 Å². The Bertz CT molecular complexity index is 544. The van der Waals surface area contributed by atoms with Crippen molar-refractivity contribution < 1.29 is 0 Å². The molecule has 1 nitrogen and oxygen atoms in total. The highest BCUT2D eigenvalue weighted by atomic mass is 35.5. The number of aryl methyl sites for hydroxylation is 1. The van der Waals surface area contributed by atoms with E-state index in [1.807, 2.05) is 23.5 Å². The first-order valence-corrected chi connectivity index (χ1v) is 7.65. The molecule has 1 heterocycles. The molecule has 1 N–H and O–H groups in total. The predicted octanol–water partition coefficient (Wildman–Crippen LogP) is 5.54. The molecule has 18 heavy (non-hydrogen) atoms. The molecule has 0 amide bonds. The number of thiophene rings is 1. The number of hydrogen-bond acceptors (Lipinski definition) is 2. The molecule has 1 atom stereocenters. The van der Waals surface area contributed by atoms with Crippen LogP contribution in [0.15, 0.2) is 29.6 Å². The normalized spacial score (nSPS) is 18.4. The first-order chi connectivity index (χ1) is 8.72. The molecule has 0 aliphatic heterocycles. The Morgan fingerprint density at radius 3 is 2.72 bits per heavy atom. The number of rotatable bonds is 2. The maximum Gasteiger partial charge on any atom is 0.0524 e. The third-order valence-corrected chi connectivity index (χ3v) is 4.69. The second kappa shape index (κ2) is 5.12. The molecular formula is C14H13Cl2NS.